The van der Waals surface area contributed by atoms with Crippen molar-refractivity contribution in [3.8, 4) is 11.5 Å². The number of hydrogen-bond donors (Lipinski definition) is 2. The van der Waals surface area contributed by atoms with Crippen molar-refractivity contribution in [3.63, 3.8) is 0 Å². The summed E-state index contributed by atoms with van der Waals surface area (Å²) in [6.07, 6.45) is 41.2. The van der Waals surface area contributed by atoms with E-state index in [1.165, 1.54) is 192 Å². The van der Waals surface area contributed by atoms with Gasteiger partial charge in [0.1, 0.15) is 28.2 Å². The Kier molecular flexibility index (Phi) is 22.8. The van der Waals surface area contributed by atoms with E-state index < -0.39 is 0 Å². The van der Waals surface area contributed by atoms with Crippen LogP contribution >= 0.6 is 0 Å². The third-order valence-corrected chi connectivity index (χ3v) is 9.37. The maximum Gasteiger partial charge on any atom is 0.196 e. The van der Waals surface area contributed by atoms with Crippen LogP contribution in [0.1, 0.15) is 199 Å². The average Bonchev–Trinajstić information content (AvgIpc) is 2.99. The van der Waals surface area contributed by atoms with E-state index in [1.54, 1.807) is 0 Å². The van der Waals surface area contributed by atoms with Crippen LogP contribution in [0.25, 0.3) is 11.0 Å². The van der Waals surface area contributed by atoms with E-state index in [2.05, 4.69) is 6.92 Å². The van der Waals surface area contributed by atoms with E-state index in [0.29, 0.717) is 12.2 Å². The Bertz CT molecular complexity index is 1010. The highest BCUT2D eigenvalue weighted by molar-refractivity contribution is 5.84. The molecule has 1 aromatic heterocycles. The Labute approximate surface area is 270 Å². The molecule has 2 rings (SSSR count). The number of phenols is 2. The number of aromatic hydroxyl groups is 2. The zero-order valence-corrected chi connectivity index (χ0v) is 28.7. The number of rotatable bonds is 30. The summed E-state index contributed by atoms with van der Waals surface area (Å²) in [6, 6.07) is 4.03. The van der Waals surface area contributed by atoms with Gasteiger partial charge in [0.2, 0.25) is 0 Å². The molecule has 0 saturated carbocycles. The van der Waals surface area contributed by atoms with E-state index in [4.69, 9.17) is 4.42 Å². The molecule has 0 radical (unpaired) electrons. The van der Waals surface area contributed by atoms with E-state index in [9.17, 15) is 15.0 Å². The summed E-state index contributed by atoms with van der Waals surface area (Å²) in [4.78, 5) is 12.3. The van der Waals surface area contributed by atoms with Gasteiger partial charge in [0, 0.05) is 24.6 Å². The molecule has 0 aliphatic carbocycles. The van der Waals surface area contributed by atoms with Crippen molar-refractivity contribution in [1.29, 1.82) is 0 Å². The molecule has 2 aromatic rings. The van der Waals surface area contributed by atoms with Crippen LogP contribution in [0.4, 0.5) is 0 Å². The van der Waals surface area contributed by atoms with Gasteiger partial charge in [-0.15, -0.1) is 0 Å². The van der Waals surface area contributed by atoms with Crippen molar-refractivity contribution in [2.75, 3.05) is 0 Å². The molecule has 0 bridgehead atoms. The van der Waals surface area contributed by atoms with Gasteiger partial charge in [0.15, 0.2) is 5.43 Å². The van der Waals surface area contributed by atoms with Crippen LogP contribution in [0.5, 0.6) is 11.5 Å². The highest BCUT2D eigenvalue weighted by atomic mass is 16.3. The number of hydrogen-bond acceptors (Lipinski definition) is 4. The molecule has 0 fully saturated rings. The molecule has 0 amide bonds. The Morgan fingerprint density at radius 1 is 0.477 bits per heavy atom. The largest absolute Gasteiger partial charge is 0.508 e. The summed E-state index contributed by atoms with van der Waals surface area (Å²) in [5.41, 5.74) is -0.00504. The summed E-state index contributed by atoms with van der Waals surface area (Å²) in [6.45, 7) is 2.30. The van der Waals surface area contributed by atoms with Gasteiger partial charge in [0.25, 0.3) is 0 Å². The van der Waals surface area contributed by atoms with Gasteiger partial charge in [-0.05, 0) is 6.42 Å². The quantitative estimate of drug-likeness (QED) is 0.0861. The highest BCUT2D eigenvalue weighted by Crippen LogP contribution is 2.28. The van der Waals surface area contributed by atoms with Crippen LogP contribution in [-0.4, -0.2) is 10.2 Å². The Hall–Kier alpha value is -1.97. The number of benzene rings is 1. The minimum Gasteiger partial charge on any atom is -0.508 e. The van der Waals surface area contributed by atoms with Crippen LogP contribution in [0.2, 0.25) is 0 Å². The molecular weight excluding hydrogens is 544 g/mol. The fourth-order valence-electron chi connectivity index (χ4n) is 6.57. The van der Waals surface area contributed by atoms with Crippen molar-refractivity contribution < 1.29 is 14.6 Å². The first kappa shape index (κ1) is 38.2. The van der Waals surface area contributed by atoms with Gasteiger partial charge in [-0.2, -0.15) is 0 Å². The molecule has 0 aliphatic rings. The monoisotopic (exact) mass is 613 g/mol. The minimum absolute atomic E-state index is 0.101. The van der Waals surface area contributed by atoms with Crippen molar-refractivity contribution >= 4 is 11.0 Å². The smallest absolute Gasteiger partial charge is 0.196 e. The summed E-state index contributed by atoms with van der Waals surface area (Å²) in [5.74, 6) is 0.287. The van der Waals surface area contributed by atoms with Crippen LogP contribution < -0.4 is 5.43 Å². The number of unbranched alkanes of at least 4 members (excludes halogenated alkanes) is 28. The third-order valence-electron chi connectivity index (χ3n) is 9.37. The van der Waals surface area contributed by atoms with E-state index in [-0.39, 0.29) is 27.9 Å². The Balaban J connectivity index is 1.25. The second-order valence-electron chi connectivity index (χ2n) is 13.6. The molecule has 4 heteroatoms. The van der Waals surface area contributed by atoms with Gasteiger partial charge < -0.3 is 14.6 Å². The first-order chi connectivity index (χ1) is 21.6. The van der Waals surface area contributed by atoms with Gasteiger partial charge in [-0.3, -0.25) is 4.79 Å². The second-order valence-corrected chi connectivity index (χ2v) is 13.6. The van der Waals surface area contributed by atoms with Gasteiger partial charge in [0.05, 0.1) is 0 Å². The van der Waals surface area contributed by atoms with Gasteiger partial charge in [-0.1, -0.05) is 187 Å². The molecule has 0 atom stereocenters. The zero-order chi connectivity index (χ0) is 31.5. The predicted octanol–water partition coefficient (Wildman–Crippen LogP) is 13.1. The number of fused-ring (bicyclic) bond motifs is 1. The summed E-state index contributed by atoms with van der Waals surface area (Å²) in [7, 11) is 0. The molecular formula is C40H68O4. The first-order valence-electron chi connectivity index (χ1n) is 19.1. The van der Waals surface area contributed by atoms with Crippen LogP contribution in [0.15, 0.2) is 27.4 Å². The third kappa shape index (κ3) is 18.7. The topological polar surface area (TPSA) is 70.7 Å². The van der Waals surface area contributed by atoms with E-state index in [0.717, 1.165) is 12.8 Å². The van der Waals surface area contributed by atoms with Crippen LogP contribution in [0, 0.1) is 0 Å². The molecule has 0 aliphatic heterocycles. The average molecular weight is 613 g/mol. The molecule has 0 saturated heterocycles. The zero-order valence-electron chi connectivity index (χ0n) is 28.7. The number of aryl methyl sites for hydroxylation is 1. The minimum atomic E-state index is -0.255. The second kappa shape index (κ2) is 26.3. The molecule has 1 aromatic carbocycles. The van der Waals surface area contributed by atoms with Gasteiger partial charge >= 0.3 is 0 Å². The maximum atomic E-state index is 12.3. The molecule has 252 valence electrons. The molecule has 0 unspecified atom stereocenters. The summed E-state index contributed by atoms with van der Waals surface area (Å²) >= 11 is 0. The molecule has 44 heavy (non-hydrogen) atoms. The Morgan fingerprint density at radius 3 is 1.18 bits per heavy atom. The lowest BCUT2D eigenvalue weighted by atomic mass is 10.0. The summed E-state index contributed by atoms with van der Waals surface area (Å²) in [5, 5.41) is 19.7. The fourth-order valence-corrected chi connectivity index (χ4v) is 6.57. The highest BCUT2D eigenvalue weighted by Gasteiger charge is 2.11. The van der Waals surface area contributed by atoms with Gasteiger partial charge in [-0.25, -0.2) is 0 Å². The van der Waals surface area contributed by atoms with Crippen molar-refractivity contribution in [3.05, 3.63) is 34.2 Å². The first-order valence-corrected chi connectivity index (χ1v) is 19.1. The number of phenolic OH excluding ortho intramolecular Hbond substituents is 2. The Morgan fingerprint density at radius 2 is 0.818 bits per heavy atom. The normalized spacial score (nSPS) is 11.6. The van der Waals surface area contributed by atoms with Crippen molar-refractivity contribution in [2.24, 2.45) is 0 Å². The predicted molar refractivity (Wildman–Crippen MR) is 189 cm³/mol. The van der Waals surface area contributed by atoms with Crippen molar-refractivity contribution in [2.45, 2.75) is 200 Å². The van der Waals surface area contributed by atoms with Crippen molar-refractivity contribution in [1.82, 2.24) is 0 Å². The lowest BCUT2D eigenvalue weighted by molar-refractivity contribution is 0.449. The van der Waals surface area contributed by atoms with E-state index >= 15 is 0 Å². The lowest BCUT2D eigenvalue weighted by Crippen LogP contribution is -2.02. The lowest BCUT2D eigenvalue weighted by Gasteiger charge is -2.06. The standard InChI is InChI=1S/C40H68O4/c1-2-3-4-5-6-7-8-9-10-11-12-13-14-15-16-17-18-19-20-21-22-23-24-25-26-27-28-29-30-31-36-34-38(43)40-37(42)32-35(41)33-39(40)44-36/h32-34,41-42H,2-31H2,1H3. The van der Waals surface area contributed by atoms with Crippen LogP contribution in [-0.2, 0) is 6.42 Å². The summed E-state index contributed by atoms with van der Waals surface area (Å²) < 4.78 is 5.75. The molecule has 2 N–H and O–H groups in total. The SMILES string of the molecule is CCCCCCCCCCCCCCCCCCCCCCCCCCCCCCCc1cc(=O)c2c(O)cc(O)cc2o1. The maximum absolute atomic E-state index is 12.3. The van der Waals surface area contributed by atoms with E-state index in [1.807, 2.05) is 0 Å². The van der Waals surface area contributed by atoms with Crippen LogP contribution in [0.3, 0.4) is 0 Å². The fraction of sp³-hybridized carbons (Fsp3) is 0.775. The molecule has 4 nitrogen and oxygen atoms in total. The molecule has 0 spiro atoms. The molecule has 1 heterocycles.